The average Bonchev–Trinajstić information content (AvgIpc) is 3.04. The summed E-state index contributed by atoms with van der Waals surface area (Å²) in [4.78, 5) is 2.54. The number of likely N-dealkylation sites (tertiary alicyclic amines) is 1. The minimum atomic E-state index is 0.0598. The monoisotopic (exact) mass is 327 g/mol. The van der Waals surface area contributed by atoms with Crippen LogP contribution in [0.5, 0.6) is 0 Å². The molecule has 0 spiro atoms. The van der Waals surface area contributed by atoms with Gasteiger partial charge in [0.15, 0.2) is 0 Å². The van der Waals surface area contributed by atoms with Gasteiger partial charge < -0.3 is 15.0 Å². The van der Waals surface area contributed by atoms with E-state index >= 15 is 0 Å². The van der Waals surface area contributed by atoms with Crippen LogP contribution in [0.15, 0.2) is 30.5 Å². The van der Waals surface area contributed by atoms with Gasteiger partial charge in [-0.25, -0.2) is 0 Å². The van der Waals surface area contributed by atoms with E-state index in [1.54, 1.807) is 0 Å². The predicted octanol–water partition coefficient (Wildman–Crippen LogP) is 2.60. The summed E-state index contributed by atoms with van der Waals surface area (Å²) < 4.78 is 2.31. The zero-order valence-corrected chi connectivity index (χ0v) is 14.7. The van der Waals surface area contributed by atoms with Crippen molar-refractivity contribution < 1.29 is 5.11 Å². The quantitative estimate of drug-likeness (QED) is 0.907. The number of aryl methyl sites for hydroxylation is 1. The van der Waals surface area contributed by atoms with Crippen LogP contribution in [-0.2, 0) is 13.1 Å². The molecule has 2 saturated heterocycles. The fourth-order valence-corrected chi connectivity index (χ4v) is 4.78. The number of piperidine rings is 2. The van der Waals surface area contributed by atoms with Crippen molar-refractivity contribution in [2.24, 2.45) is 5.41 Å². The van der Waals surface area contributed by atoms with E-state index in [9.17, 15) is 5.11 Å². The molecule has 1 aromatic carbocycles. The lowest BCUT2D eigenvalue weighted by Gasteiger charge is -2.50. The first-order chi connectivity index (χ1) is 11.7. The molecular formula is C20H29N3O. The van der Waals surface area contributed by atoms with E-state index in [0.717, 1.165) is 45.6 Å². The van der Waals surface area contributed by atoms with Gasteiger partial charge in [0.2, 0.25) is 0 Å². The van der Waals surface area contributed by atoms with Crippen LogP contribution in [0.2, 0.25) is 0 Å². The Balaban J connectivity index is 1.53. The maximum Gasteiger partial charge on any atom is 0.0514 e. The van der Waals surface area contributed by atoms with Crippen LogP contribution >= 0.6 is 0 Å². The molecule has 130 valence electrons. The van der Waals surface area contributed by atoms with Gasteiger partial charge >= 0.3 is 0 Å². The zero-order chi connectivity index (χ0) is 16.6. The van der Waals surface area contributed by atoms with Gasteiger partial charge in [0.1, 0.15) is 0 Å². The van der Waals surface area contributed by atoms with Crippen LogP contribution in [0.3, 0.4) is 0 Å². The summed E-state index contributed by atoms with van der Waals surface area (Å²) in [6.45, 7) is 7.73. The van der Waals surface area contributed by atoms with E-state index in [1.165, 1.54) is 22.9 Å². The standard InChI is InChI=1S/C20H29N3O/c1-2-23-11-6-17-5-4-16(12-18(17)23)13-22-10-7-19-20(14-22,15-24)8-3-9-21-19/h4-6,11-12,19,21,24H,2-3,7-10,13-15H2,1H3/t19-,20-/m1/s1. The van der Waals surface area contributed by atoms with Gasteiger partial charge in [-0.3, -0.25) is 4.90 Å². The molecule has 4 heteroatoms. The number of hydrogen-bond donors (Lipinski definition) is 2. The fourth-order valence-electron chi connectivity index (χ4n) is 4.78. The van der Waals surface area contributed by atoms with Crippen molar-refractivity contribution in [2.45, 2.75) is 45.3 Å². The molecule has 0 amide bonds. The van der Waals surface area contributed by atoms with E-state index < -0.39 is 0 Å². The van der Waals surface area contributed by atoms with Gasteiger partial charge in [-0.1, -0.05) is 12.1 Å². The second-order valence-electron chi connectivity index (χ2n) is 7.63. The topological polar surface area (TPSA) is 40.4 Å². The Morgan fingerprint density at radius 2 is 2.25 bits per heavy atom. The van der Waals surface area contributed by atoms with Crippen LogP contribution in [0, 0.1) is 5.41 Å². The second-order valence-corrected chi connectivity index (χ2v) is 7.63. The smallest absolute Gasteiger partial charge is 0.0514 e. The van der Waals surface area contributed by atoms with Crippen molar-refractivity contribution in [1.82, 2.24) is 14.8 Å². The zero-order valence-electron chi connectivity index (χ0n) is 14.7. The van der Waals surface area contributed by atoms with Crippen molar-refractivity contribution in [2.75, 3.05) is 26.2 Å². The molecule has 0 aliphatic carbocycles. The molecule has 2 aromatic rings. The molecule has 0 unspecified atom stereocenters. The van der Waals surface area contributed by atoms with Crippen molar-refractivity contribution >= 4 is 10.9 Å². The summed E-state index contributed by atoms with van der Waals surface area (Å²) in [5.41, 5.74) is 2.77. The third-order valence-corrected chi connectivity index (χ3v) is 6.15. The Morgan fingerprint density at radius 3 is 3.08 bits per heavy atom. The largest absolute Gasteiger partial charge is 0.396 e. The summed E-state index contributed by atoms with van der Waals surface area (Å²) in [5.74, 6) is 0. The van der Waals surface area contributed by atoms with E-state index in [1.807, 2.05) is 0 Å². The Kier molecular flexibility index (Phi) is 4.37. The average molecular weight is 327 g/mol. The lowest BCUT2D eigenvalue weighted by molar-refractivity contribution is -0.0222. The van der Waals surface area contributed by atoms with Crippen molar-refractivity contribution in [1.29, 1.82) is 0 Å². The highest BCUT2D eigenvalue weighted by molar-refractivity contribution is 5.80. The molecule has 2 N–H and O–H groups in total. The van der Waals surface area contributed by atoms with Gasteiger partial charge in [0.05, 0.1) is 6.61 Å². The fraction of sp³-hybridized carbons (Fsp3) is 0.600. The van der Waals surface area contributed by atoms with Gasteiger partial charge in [0.25, 0.3) is 0 Å². The Bertz CT molecular complexity index is 710. The number of rotatable bonds is 4. The first kappa shape index (κ1) is 16.1. The van der Waals surface area contributed by atoms with Crippen LogP contribution in [0.4, 0.5) is 0 Å². The highest BCUT2D eigenvalue weighted by Crippen LogP contribution is 2.37. The molecule has 4 nitrogen and oxygen atoms in total. The molecule has 0 saturated carbocycles. The Morgan fingerprint density at radius 1 is 1.33 bits per heavy atom. The minimum absolute atomic E-state index is 0.0598. The van der Waals surface area contributed by atoms with Crippen LogP contribution in [0.1, 0.15) is 31.7 Å². The third-order valence-electron chi connectivity index (χ3n) is 6.15. The van der Waals surface area contributed by atoms with Crippen LogP contribution < -0.4 is 5.32 Å². The third kappa shape index (κ3) is 2.77. The number of nitrogens with zero attached hydrogens (tertiary/aromatic N) is 2. The van der Waals surface area contributed by atoms with Gasteiger partial charge in [-0.2, -0.15) is 0 Å². The number of aromatic nitrogens is 1. The SMILES string of the molecule is CCn1ccc2ccc(CN3CC[C@H]4NCCC[C@]4(CO)C3)cc21. The van der Waals surface area contributed by atoms with E-state index in [-0.39, 0.29) is 5.41 Å². The van der Waals surface area contributed by atoms with Crippen molar-refractivity contribution in [3.8, 4) is 0 Å². The number of hydrogen-bond acceptors (Lipinski definition) is 3. The number of aliphatic hydroxyl groups excluding tert-OH is 1. The molecule has 4 rings (SSSR count). The summed E-state index contributed by atoms with van der Waals surface area (Å²) in [5, 5.41) is 15.0. The molecule has 24 heavy (non-hydrogen) atoms. The highest BCUT2D eigenvalue weighted by Gasteiger charge is 2.44. The maximum atomic E-state index is 10.1. The summed E-state index contributed by atoms with van der Waals surface area (Å²) in [6.07, 6.45) is 5.65. The number of benzene rings is 1. The Labute approximate surface area is 144 Å². The van der Waals surface area contributed by atoms with Gasteiger partial charge in [-0.15, -0.1) is 0 Å². The van der Waals surface area contributed by atoms with E-state index in [2.05, 4.69) is 52.2 Å². The van der Waals surface area contributed by atoms with Crippen LogP contribution in [0.25, 0.3) is 10.9 Å². The normalized spacial score (nSPS) is 28.2. The molecule has 0 radical (unpaired) electrons. The van der Waals surface area contributed by atoms with Crippen molar-refractivity contribution in [3.63, 3.8) is 0 Å². The molecule has 2 aliphatic rings. The molecule has 2 aliphatic heterocycles. The lowest BCUT2D eigenvalue weighted by Crippen LogP contribution is -2.61. The molecular weight excluding hydrogens is 298 g/mol. The molecule has 2 fully saturated rings. The first-order valence-corrected chi connectivity index (χ1v) is 9.38. The summed E-state index contributed by atoms with van der Waals surface area (Å²) in [7, 11) is 0. The number of nitrogens with one attached hydrogen (secondary N) is 1. The van der Waals surface area contributed by atoms with Crippen LogP contribution in [-0.4, -0.2) is 46.9 Å². The highest BCUT2D eigenvalue weighted by atomic mass is 16.3. The number of fused-ring (bicyclic) bond motifs is 2. The second kappa shape index (κ2) is 6.51. The predicted molar refractivity (Wildman–Crippen MR) is 98.0 cm³/mol. The Hall–Kier alpha value is -1.36. The lowest BCUT2D eigenvalue weighted by atomic mass is 9.71. The molecule has 2 atom stereocenters. The first-order valence-electron chi connectivity index (χ1n) is 9.38. The summed E-state index contributed by atoms with van der Waals surface area (Å²) in [6, 6.07) is 9.54. The van der Waals surface area contributed by atoms with Gasteiger partial charge in [0, 0.05) is 49.3 Å². The van der Waals surface area contributed by atoms with E-state index in [4.69, 9.17) is 0 Å². The van der Waals surface area contributed by atoms with Gasteiger partial charge in [-0.05, 0) is 55.8 Å². The number of aliphatic hydroxyl groups is 1. The molecule has 1 aromatic heterocycles. The minimum Gasteiger partial charge on any atom is -0.396 e. The molecule has 0 bridgehead atoms. The van der Waals surface area contributed by atoms with Crippen molar-refractivity contribution in [3.05, 3.63) is 36.0 Å². The van der Waals surface area contributed by atoms with E-state index in [0.29, 0.717) is 12.6 Å². The molecule has 3 heterocycles. The summed E-state index contributed by atoms with van der Waals surface area (Å²) >= 11 is 0. The maximum absolute atomic E-state index is 10.1.